The topological polar surface area (TPSA) is 120 Å². The predicted octanol–water partition coefficient (Wildman–Crippen LogP) is 1.05. The van der Waals surface area contributed by atoms with Crippen molar-refractivity contribution >= 4 is 28.5 Å². The molecule has 1 atom stereocenters. The molecule has 170 valence electrons. The molecule has 3 aromatic rings. The number of allylic oxidation sites excluding steroid dienone is 1. The van der Waals surface area contributed by atoms with E-state index < -0.39 is 5.69 Å². The summed E-state index contributed by atoms with van der Waals surface area (Å²) >= 11 is 0. The van der Waals surface area contributed by atoms with Gasteiger partial charge in [0.1, 0.15) is 6.54 Å². The second-order valence-electron chi connectivity index (χ2n) is 8.02. The van der Waals surface area contributed by atoms with Gasteiger partial charge in [-0.15, -0.1) is 11.7 Å². The molecular formula is C22H28N6O4. The SMILES string of the molecule is C=CCn1c(=O)c2ccc(C(=O)NC(C)CC)cc2n2c(=O)n(CC(=O)NC(C)C)nc12. The zero-order valence-corrected chi connectivity index (χ0v) is 18.7. The molecule has 0 radical (unpaired) electrons. The van der Waals surface area contributed by atoms with Crippen LogP contribution < -0.4 is 21.9 Å². The number of hydrogen-bond donors (Lipinski definition) is 2. The van der Waals surface area contributed by atoms with Crippen molar-refractivity contribution in [3.8, 4) is 0 Å². The molecule has 10 heteroatoms. The van der Waals surface area contributed by atoms with Crippen molar-refractivity contribution < 1.29 is 9.59 Å². The van der Waals surface area contributed by atoms with E-state index in [0.29, 0.717) is 5.56 Å². The van der Waals surface area contributed by atoms with Gasteiger partial charge < -0.3 is 10.6 Å². The third kappa shape index (κ3) is 4.34. The van der Waals surface area contributed by atoms with Crippen molar-refractivity contribution in [1.29, 1.82) is 0 Å². The summed E-state index contributed by atoms with van der Waals surface area (Å²) in [6.07, 6.45) is 2.29. The molecule has 0 bridgehead atoms. The summed E-state index contributed by atoms with van der Waals surface area (Å²) in [6.45, 7) is 11.0. The third-order valence-corrected chi connectivity index (χ3v) is 5.08. The van der Waals surface area contributed by atoms with Gasteiger partial charge in [-0.2, -0.15) is 0 Å². The van der Waals surface area contributed by atoms with Crippen LogP contribution in [-0.2, 0) is 17.9 Å². The molecule has 0 saturated heterocycles. The van der Waals surface area contributed by atoms with Gasteiger partial charge in [0.2, 0.25) is 11.7 Å². The van der Waals surface area contributed by atoms with E-state index >= 15 is 0 Å². The van der Waals surface area contributed by atoms with Crippen molar-refractivity contribution in [2.45, 2.75) is 59.3 Å². The van der Waals surface area contributed by atoms with Crippen LogP contribution in [0.3, 0.4) is 0 Å². The monoisotopic (exact) mass is 440 g/mol. The molecule has 1 unspecified atom stereocenters. The fourth-order valence-electron chi connectivity index (χ4n) is 3.37. The molecule has 0 aliphatic heterocycles. The van der Waals surface area contributed by atoms with E-state index in [0.717, 1.165) is 11.1 Å². The average molecular weight is 441 g/mol. The molecule has 32 heavy (non-hydrogen) atoms. The van der Waals surface area contributed by atoms with E-state index in [4.69, 9.17) is 0 Å². The van der Waals surface area contributed by atoms with Crippen molar-refractivity contribution in [2.75, 3.05) is 0 Å². The van der Waals surface area contributed by atoms with Crippen LogP contribution in [0, 0.1) is 0 Å². The Hall–Kier alpha value is -3.69. The molecule has 2 amide bonds. The summed E-state index contributed by atoms with van der Waals surface area (Å²) < 4.78 is 3.58. The second-order valence-corrected chi connectivity index (χ2v) is 8.02. The van der Waals surface area contributed by atoms with Crippen LogP contribution in [0.25, 0.3) is 16.7 Å². The Kier molecular flexibility index (Phi) is 6.61. The highest BCUT2D eigenvalue weighted by Crippen LogP contribution is 2.14. The van der Waals surface area contributed by atoms with Gasteiger partial charge in [-0.1, -0.05) is 13.0 Å². The van der Waals surface area contributed by atoms with Gasteiger partial charge in [-0.25, -0.2) is 13.9 Å². The summed E-state index contributed by atoms with van der Waals surface area (Å²) in [5.41, 5.74) is -0.383. The molecule has 3 rings (SSSR count). The molecule has 0 aliphatic carbocycles. The molecule has 2 aromatic heterocycles. The predicted molar refractivity (Wildman–Crippen MR) is 122 cm³/mol. The average Bonchev–Trinajstić information content (AvgIpc) is 3.05. The van der Waals surface area contributed by atoms with E-state index in [1.807, 2.05) is 27.7 Å². The van der Waals surface area contributed by atoms with Gasteiger partial charge in [0.05, 0.1) is 10.9 Å². The lowest BCUT2D eigenvalue weighted by atomic mass is 10.1. The fourth-order valence-corrected chi connectivity index (χ4v) is 3.37. The lowest BCUT2D eigenvalue weighted by Gasteiger charge is -2.12. The lowest BCUT2D eigenvalue weighted by molar-refractivity contribution is -0.122. The number of hydrogen-bond acceptors (Lipinski definition) is 5. The Bertz CT molecular complexity index is 1310. The number of rotatable bonds is 8. The van der Waals surface area contributed by atoms with Crippen LogP contribution in [0.5, 0.6) is 0 Å². The van der Waals surface area contributed by atoms with Gasteiger partial charge in [-0.3, -0.25) is 19.0 Å². The second kappa shape index (κ2) is 9.21. The van der Waals surface area contributed by atoms with Crippen molar-refractivity contribution in [2.24, 2.45) is 0 Å². The van der Waals surface area contributed by atoms with E-state index in [1.54, 1.807) is 6.07 Å². The van der Waals surface area contributed by atoms with E-state index in [-0.39, 0.29) is 59.2 Å². The molecule has 2 heterocycles. The minimum absolute atomic E-state index is 0.0243. The first kappa shape index (κ1) is 23.0. The largest absolute Gasteiger partial charge is 0.352 e. The number of benzene rings is 1. The first-order valence-corrected chi connectivity index (χ1v) is 10.5. The summed E-state index contributed by atoms with van der Waals surface area (Å²) in [6, 6.07) is 4.46. The number of aromatic nitrogens is 4. The first-order chi connectivity index (χ1) is 15.2. The zero-order valence-electron chi connectivity index (χ0n) is 18.7. The smallest absolute Gasteiger partial charge is 0.352 e. The molecule has 2 N–H and O–H groups in total. The normalized spacial score (nSPS) is 12.3. The molecule has 0 aliphatic rings. The number of amides is 2. The van der Waals surface area contributed by atoms with E-state index in [1.165, 1.54) is 27.2 Å². The Labute approximate surface area is 184 Å². The number of nitrogens with zero attached hydrogens (tertiary/aromatic N) is 4. The van der Waals surface area contributed by atoms with Crippen molar-refractivity contribution in [1.82, 2.24) is 29.4 Å². The summed E-state index contributed by atoms with van der Waals surface area (Å²) in [5, 5.41) is 10.1. The lowest BCUT2D eigenvalue weighted by Crippen LogP contribution is -2.36. The standard InChI is InChI=1S/C22H28N6O4/c1-6-10-26-20(31)16-9-8-15(19(30)24-14(5)7-2)11-17(16)28-21(26)25-27(22(28)32)12-18(29)23-13(3)4/h6,8-9,11,13-14H,1,7,10,12H2,2-5H3,(H,23,29)(H,24,30). The van der Waals surface area contributed by atoms with Gasteiger partial charge in [-0.05, 0) is 45.4 Å². The fraction of sp³-hybridized carbons (Fsp3) is 0.409. The highest BCUT2D eigenvalue weighted by atomic mass is 16.2. The minimum atomic E-state index is -0.582. The number of nitrogens with one attached hydrogen (secondary N) is 2. The van der Waals surface area contributed by atoms with Gasteiger partial charge in [0.25, 0.3) is 11.5 Å². The number of fused-ring (bicyclic) bond motifs is 3. The quantitative estimate of drug-likeness (QED) is 0.508. The molecule has 0 saturated carbocycles. The van der Waals surface area contributed by atoms with Crippen molar-refractivity contribution in [3.63, 3.8) is 0 Å². The minimum Gasteiger partial charge on any atom is -0.352 e. The van der Waals surface area contributed by atoms with Crippen LogP contribution in [0.1, 0.15) is 44.5 Å². The Morgan fingerprint density at radius 3 is 2.53 bits per heavy atom. The van der Waals surface area contributed by atoms with Crippen LogP contribution in [0.4, 0.5) is 0 Å². The Morgan fingerprint density at radius 1 is 1.19 bits per heavy atom. The maximum atomic E-state index is 13.2. The maximum Gasteiger partial charge on any atom is 0.352 e. The Morgan fingerprint density at radius 2 is 1.91 bits per heavy atom. The molecule has 0 fully saturated rings. The zero-order chi connectivity index (χ0) is 23.6. The highest BCUT2D eigenvalue weighted by Gasteiger charge is 2.20. The van der Waals surface area contributed by atoms with E-state index in [2.05, 4.69) is 22.3 Å². The Balaban J connectivity index is 2.25. The highest BCUT2D eigenvalue weighted by molar-refractivity contribution is 5.98. The maximum absolute atomic E-state index is 13.2. The molecular weight excluding hydrogens is 412 g/mol. The van der Waals surface area contributed by atoms with Crippen LogP contribution in [0.2, 0.25) is 0 Å². The number of carbonyl (C=O) groups is 2. The van der Waals surface area contributed by atoms with E-state index in [9.17, 15) is 19.2 Å². The van der Waals surface area contributed by atoms with Crippen LogP contribution in [-0.4, -0.2) is 42.6 Å². The summed E-state index contributed by atoms with van der Waals surface area (Å²) in [7, 11) is 0. The van der Waals surface area contributed by atoms with Gasteiger partial charge >= 0.3 is 5.69 Å². The molecule has 10 nitrogen and oxygen atoms in total. The van der Waals surface area contributed by atoms with Crippen LogP contribution >= 0.6 is 0 Å². The van der Waals surface area contributed by atoms with Crippen molar-refractivity contribution in [3.05, 3.63) is 57.3 Å². The number of carbonyl (C=O) groups excluding carboxylic acids is 2. The first-order valence-electron chi connectivity index (χ1n) is 10.5. The summed E-state index contributed by atoms with van der Waals surface area (Å²) in [5.74, 6) is -0.605. The van der Waals surface area contributed by atoms with Gasteiger partial charge in [0, 0.05) is 24.2 Å². The summed E-state index contributed by atoms with van der Waals surface area (Å²) in [4.78, 5) is 51.1. The van der Waals surface area contributed by atoms with Crippen LogP contribution in [0.15, 0.2) is 40.4 Å². The third-order valence-electron chi connectivity index (χ3n) is 5.08. The molecule has 0 spiro atoms. The molecule has 1 aromatic carbocycles. The van der Waals surface area contributed by atoms with Gasteiger partial charge in [0.15, 0.2) is 0 Å².